The van der Waals surface area contributed by atoms with Crippen molar-refractivity contribution in [3.05, 3.63) is 76.4 Å². The summed E-state index contributed by atoms with van der Waals surface area (Å²) in [6.07, 6.45) is 1.06. The van der Waals surface area contributed by atoms with Crippen molar-refractivity contribution in [2.24, 2.45) is 13.0 Å². The predicted molar refractivity (Wildman–Crippen MR) is 139 cm³/mol. The molecule has 1 N–H and O–H groups in total. The normalized spacial score (nSPS) is 21.2. The molecule has 1 saturated heterocycles. The molecule has 1 saturated carbocycles. The van der Waals surface area contributed by atoms with Crippen molar-refractivity contribution in [2.45, 2.75) is 63.3 Å². The topological polar surface area (TPSA) is 72.3 Å². The number of hydrogen-bond acceptors (Lipinski definition) is 5. The second-order valence-corrected chi connectivity index (χ2v) is 11.3. The zero-order valence-electron chi connectivity index (χ0n) is 22.1. The molecule has 6 rings (SSSR count). The maximum absolute atomic E-state index is 14.2. The van der Waals surface area contributed by atoms with Gasteiger partial charge in [-0.25, -0.2) is 0 Å². The Morgan fingerprint density at radius 2 is 2.05 bits per heavy atom. The van der Waals surface area contributed by atoms with Crippen LogP contribution in [0.15, 0.2) is 42.7 Å². The minimum Gasteiger partial charge on any atom is -0.381 e. The van der Waals surface area contributed by atoms with Crippen LogP contribution in [-0.2, 0) is 31.1 Å². The maximum Gasteiger partial charge on any atom is 0.416 e. The lowest BCUT2D eigenvalue weighted by Crippen LogP contribution is -2.47. The van der Waals surface area contributed by atoms with Crippen LogP contribution in [0.25, 0.3) is 0 Å². The van der Waals surface area contributed by atoms with Gasteiger partial charge in [0, 0.05) is 42.9 Å². The van der Waals surface area contributed by atoms with Gasteiger partial charge in [0.2, 0.25) is 0 Å². The van der Waals surface area contributed by atoms with Crippen LogP contribution in [0.2, 0.25) is 0 Å². The first-order valence-corrected chi connectivity index (χ1v) is 13.4. The molecule has 2 aromatic carbocycles. The smallest absolute Gasteiger partial charge is 0.381 e. The standard InChI is InChI=1S/C29H32F3N5O2/c1-28(8-4-9-28)33-14-18-11-22-23(24(12-18)29(30,31)32)15-37(27(22)38)21-6-3-5-19(13-21)25(20-7-10-39-16-20)26-35-34-17-36(26)2/h3,5-6,11-13,17,20,25,33H,4,7-10,14-16H2,1-2H3/t20?,25-/m0/s1. The highest BCUT2D eigenvalue weighted by atomic mass is 19.4. The Kier molecular flexibility index (Phi) is 6.50. The summed E-state index contributed by atoms with van der Waals surface area (Å²) >= 11 is 0. The van der Waals surface area contributed by atoms with Gasteiger partial charge in [-0.2, -0.15) is 13.2 Å². The fourth-order valence-corrected chi connectivity index (χ4v) is 6.14. The van der Waals surface area contributed by atoms with E-state index in [2.05, 4.69) is 22.4 Å². The average Bonchev–Trinajstić information content (AvgIpc) is 3.63. The van der Waals surface area contributed by atoms with E-state index in [1.165, 1.54) is 11.0 Å². The van der Waals surface area contributed by atoms with Crippen LogP contribution >= 0.6 is 0 Å². The molecule has 7 nitrogen and oxygen atoms in total. The van der Waals surface area contributed by atoms with Crippen molar-refractivity contribution in [1.29, 1.82) is 0 Å². The van der Waals surface area contributed by atoms with Gasteiger partial charge in [-0.15, -0.1) is 10.2 Å². The number of carbonyl (C=O) groups is 1. The van der Waals surface area contributed by atoms with Crippen molar-refractivity contribution in [1.82, 2.24) is 20.1 Å². The summed E-state index contributed by atoms with van der Waals surface area (Å²) in [4.78, 5) is 15.1. The average molecular weight is 540 g/mol. The predicted octanol–water partition coefficient (Wildman–Crippen LogP) is 5.19. The van der Waals surface area contributed by atoms with E-state index < -0.39 is 17.6 Å². The monoisotopic (exact) mass is 539 g/mol. The Morgan fingerprint density at radius 3 is 2.69 bits per heavy atom. The molecule has 2 atom stereocenters. The number of fused-ring (bicyclic) bond motifs is 1. The minimum atomic E-state index is -4.56. The number of anilines is 1. The van der Waals surface area contributed by atoms with E-state index >= 15 is 0 Å². The first-order valence-electron chi connectivity index (χ1n) is 13.4. The third kappa shape index (κ3) is 4.84. The summed E-state index contributed by atoms with van der Waals surface area (Å²) in [5.41, 5.74) is 1.33. The van der Waals surface area contributed by atoms with Crippen LogP contribution in [0, 0.1) is 5.92 Å². The number of alkyl halides is 3. The van der Waals surface area contributed by atoms with Crippen LogP contribution in [-0.4, -0.2) is 39.4 Å². The molecule has 2 fully saturated rings. The van der Waals surface area contributed by atoms with E-state index in [1.807, 2.05) is 29.8 Å². The number of aromatic nitrogens is 3. The van der Waals surface area contributed by atoms with Crippen LogP contribution in [0.3, 0.4) is 0 Å². The lowest BCUT2D eigenvalue weighted by Gasteiger charge is -2.39. The summed E-state index contributed by atoms with van der Waals surface area (Å²) in [5.74, 6) is 0.439. The van der Waals surface area contributed by atoms with E-state index in [-0.39, 0.29) is 35.0 Å². The van der Waals surface area contributed by atoms with Crippen molar-refractivity contribution < 1.29 is 22.7 Å². The molecule has 10 heteroatoms. The summed E-state index contributed by atoms with van der Waals surface area (Å²) in [5, 5.41) is 11.8. The number of aryl methyl sites for hydroxylation is 1. The molecule has 1 aromatic heterocycles. The number of carbonyl (C=O) groups excluding carboxylic acids is 1. The van der Waals surface area contributed by atoms with E-state index in [9.17, 15) is 18.0 Å². The minimum absolute atomic E-state index is 0.0329. The quantitative estimate of drug-likeness (QED) is 0.447. The molecule has 1 amide bonds. The zero-order valence-corrected chi connectivity index (χ0v) is 22.1. The molecule has 3 heterocycles. The van der Waals surface area contributed by atoms with Gasteiger partial charge in [0.25, 0.3) is 5.91 Å². The molecule has 2 aliphatic heterocycles. The van der Waals surface area contributed by atoms with E-state index in [0.29, 0.717) is 31.0 Å². The van der Waals surface area contributed by atoms with Crippen molar-refractivity contribution in [3.8, 4) is 0 Å². The van der Waals surface area contributed by atoms with Gasteiger partial charge < -0.3 is 19.5 Å². The summed E-state index contributed by atoms with van der Waals surface area (Å²) in [7, 11) is 1.89. The summed E-state index contributed by atoms with van der Waals surface area (Å²) < 4.78 is 50.1. The van der Waals surface area contributed by atoms with Gasteiger partial charge in [-0.3, -0.25) is 4.79 Å². The number of hydrogen-bond donors (Lipinski definition) is 1. The highest BCUT2D eigenvalue weighted by molar-refractivity contribution is 6.10. The van der Waals surface area contributed by atoms with Gasteiger partial charge in [0.05, 0.1) is 18.7 Å². The lowest BCUT2D eigenvalue weighted by atomic mass is 9.78. The second-order valence-electron chi connectivity index (χ2n) is 11.3. The molecule has 1 aliphatic carbocycles. The number of ether oxygens (including phenoxy) is 1. The molecule has 3 aliphatic rings. The Hall–Kier alpha value is -3.24. The van der Waals surface area contributed by atoms with Crippen LogP contribution in [0.5, 0.6) is 0 Å². The molecule has 206 valence electrons. The first-order chi connectivity index (χ1) is 18.6. The molecule has 0 radical (unpaired) electrons. The van der Waals surface area contributed by atoms with Gasteiger partial charge >= 0.3 is 6.18 Å². The van der Waals surface area contributed by atoms with Crippen molar-refractivity contribution in [3.63, 3.8) is 0 Å². The fraction of sp³-hybridized carbons (Fsp3) is 0.483. The van der Waals surface area contributed by atoms with E-state index in [0.717, 1.165) is 37.1 Å². The number of amides is 1. The molecule has 0 spiro atoms. The molecule has 0 bridgehead atoms. The molecular formula is C29H32F3N5O2. The Labute approximate surface area is 225 Å². The maximum atomic E-state index is 14.2. The van der Waals surface area contributed by atoms with Crippen molar-refractivity contribution >= 4 is 11.6 Å². The van der Waals surface area contributed by atoms with Crippen LogP contribution in [0.4, 0.5) is 18.9 Å². The third-order valence-electron chi connectivity index (χ3n) is 8.59. The summed E-state index contributed by atoms with van der Waals surface area (Å²) in [6.45, 7) is 3.49. The number of halogens is 3. The largest absolute Gasteiger partial charge is 0.416 e. The molecule has 39 heavy (non-hydrogen) atoms. The fourth-order valence-electron chi connectivity index (χ4n) is 6.14. The van der Waals surface area contributed by atoms with E-state index in [4.69, 9.17) is 4.74 Å². The number of nitrogens with one attached hydrogen (secondary N) is 1. The zero-order chi connectivity index (χ0) is 27.4. The van der Waals surface area contributed by atoms with Gasteiger partial charge in [0.1, 0.15) is 12.2 Å². The Balaban J connectivity index is 1.33. The SMILES string of the molecule is Cn1cnnc1[C@@H](c1cccc(N2Cc3c(cc(CNC4(C)CCC4)cc3C(F)(F)F)C2=O)c1)C1CCOC1. The van der Waals surface area contributed by atoms with Gasteiger partial charge in [-0.1, -0.05) is 12.1 Å². The van der Waals surface area contributed by atoms with Gasteiger partial charge in [0.15, 0.2) is 0 Å². The number of rotatable bonds is 7. The number of benzene rings is 2. The lowest BCUT2D eigenvalue weighted by molar-refractivity contribution is -0.138. The van der Waals surface area contributed by atoms with Crippen LogP contribution in [0.1, 0.15) is 77.0 Å². The summed E-state index contributed by atoms with van der Waals surface area (Å²) in [6, 6.07) is 10.3. The second kappa shape index (κ2) is 9.75. The highest BCUT2D eigenvalue weighted by Gasteiger charge is 2.41. The third-order valence-corrected chi connectivity index (χ3v) is 8.59. The van der Waals surface area contributed by atoms with E-state index in [1.54, 1.807) is 18.5 Å². The number of nitrogens with zero attached hydrogens (tertiary/aromatic N) is 4. The van der Waals surface area contributed by atoms with Crippen LogP contribution < -0.4 is 10.2 Å². The molecular weight excluding hydrogens is 507 g/mol. The van der Waals surface area contributed by atoms with Gasteiger partial charge in [-0.05, 0) is 79.5 Å². The molecule has 1 unspecified atom stereocenters. The Morgan fingerprint density at radius 1 is 1.23 bits per heavy atom. The molecule has 3 aromatic rings. The Bertz CT molecular complexity index is 1390. The first kappa shape index (κ1) is 26.0. The highest BCUT2D eigenvalue weighted by Crippen LogP contribution is 2.42. The van der Waals surface area contributed by atoms with Crippen molar-refractivity contribution in [2.75, 3.05) is 18.1 Å².